The van der Waals surface area contributed by atoms with E-state index in [1.807, 2.05) is 13.8 Å². The highest BCUT2D eigenvalue weighted by Gasteiger charge is 2.28. The molecule has 192 valence electrons. The topological polar surface area (TPSA) is 170 Å². The van der Waals surface area contributed by atoms with Crippen LogP contribution in [0.2, 0.25) is 0 Å². The van der Waals surface area contributed by atoms with E-state index in [1.54, 1.807) is 25.1 Å². The molecule has 0 bridgehead atoms. The zero-order valence-corrected chi connectivity index (χ0v) is 20.9. The molecule has 3 unspecified atom stereocenters. The minimum Gasteiger partial charge on any atom is -0.423 e. The van der Waals surface area contributed by atoms with Crippen LogP contribution < -0.4 is 33.0 Å². The molecule has 3 atom stereocenters. The van der Waals surface area contributed by atoms with Crippen molar-refractivity contribution in [2.75, 3.05) is 11.9 Å². The quantitative estimate of drug-likeness (QED) is 0.223. The smallest absolute Gasteiger partial charge is 0.336 e. The summed E-state index contributed by atoms with van der Waals surface area (Å²) in [7, 11) is 0. The molecule has 0 aliphatic rings. The predicted molar refractivity (Wildman–Crippen MR) is 136 cm³/mol. The van der Waals surface area contributed by atoms with Crippen LogP contribution in [0.5, 0.6) is 0 Å². The Labute approximate surface area is 205 Å². The first-order chi connectivity index (χ1) is 16.5. The van der Waals surface area contributed by atoms with Crippen molar-refractivity contribution in [2.24, 2.45) is 17.4 Å². The first-order valence-corrected chi connectivity index (χ1v) is 11.9. The van der Waals surface area contributed by atoms with E-state index in [0.29, 0.717) is 43.5 Å². The van der Waals surface area contributed by atoms with Gasteiger partial charge in [-0.2, -0.15) is 0 Å². The van der Waals surface area contributed by atoms with Crippen LogP contribution in [0.4, 0.5) is 5.69 Å². The maximum atomic E-state index is 13.1. The molecule has 2 rings (SSSR count). The zero-order chi connectivity index (χ0) is 26.1. The van der Waals surface area contributed by atoms with Gasteiger partial charge in [0.15, 0.2) is 0 Å². The van der Waals surface area contributed by atoms with Gasteiger partial charge in [0.1, 0.15) is 17.7 Å². The highest BCUT2D eigenvalue weighted by atomic mass is 16.4. The van der Waals surface area contributed by atoms with Crippen LogP contribution >= 0.6 is 0 Å². The molecule has 2 aromatic rings. The van der Waals surface area contributed by atoms with Crippen molar-refractivity contribution in [1.82, 2.24) is 10.6 Å². The number of hydrogen-bond donors (Lipinski definition) is 5. The normalized spacial score (nSPS) is 13.8. The number of anilines is 1. The fourth-order valence-electron chi connectivity index (χ4n) is 3.67. The van der Waals surface area contributed by atoms with Gasteiger partial charge in [0.25, 0.3) is 0 Å². The summed E-state index contributed by atoms with van der Waals surface area (Å²) in [6, 6.07) is 4.00. The molecule has 3 amide bonds. The number of nitrogens with two attached hydrogens (primary N) is 2. The van der Waals surface area contributed by atoms with E-state index in [-0.39, 0.29) is 5.92 Å². The fraction of sp³-hybridized carbons (Fsp3) is 0.520. The Morgan fingerprint density at radius 3 is 2.29 bits per heavy atom. The highest BCUT2D eigenvalue weighted by molar-refractivity contribution is 5.99. The standard InChI is InChI=1S/C25H37N5O5/c1-14(2)11-20(30-23(32)16(4)27)25(34)29-19(7-5-6-10-26)24(33)28-17-8-9-18-15(3)12-22(31)35-21(18)13-17/h8-9,12-14,16,19-20H,5-7,10-11,26-27H2,1-4H3,(H,28,33)(H,29,34)(H,30,32). The Morgan fingerprint density at radius 2 is 1.66 bits per heavy atom. The monoisotopic (exact) mass is 487 g/mol. The molecule has 0 aliphatic heterocycles. The molecule has 35 heavy (non-hydrogen) atoms. The van der Waals surface area contributed by atoms with E-state index in [4.69, 9.17) is 15.9 Å². The Bertz CT molecular complexity index is 1100. The van der Waals surface area contributed by atoms with E-state index in [0.717, 1.165) is 10.9 Å². The predicted octanol–water partition coefficient (Wildman–Crippen LogP) is 1.53. The first kappa shape index (κ1) is 28.0. The first-order valence-electron chi connectivity index (χ1n) is 11.9. The molecular formula is C25H37N5O5. The van der Waals surface area contributed by atoms with E-state index in [9.17, 15) is 19.2 Å². The molecule has 7 N–H and O–H groups in total. The number of aryl methyl sites for hydroxylation is 1. The molecule has 0 spiro atoms. The van der Waals surface area contributed by atoms with Gasteiger partial charge in [-0.25, -0.2) is 4.79 Å². The van der Waals surface area contributed by atoms with Crippen molar-refractivity contribution in [2.45, 2.75) is 71.5 Å². The summed E-state index contributed by atoms with van der Waals surface area (Å²) in [5.74, 6) is -1.20. The number of nitrogens with one attached hydrogen (secondary N) is 3. The van der Waals surface area contributed by atoms with Gasteiger partial charge in [0, 0.05) is 23.2 Å². The second-order valence-corrected chi connectivity index (χ2v) is 9.27. The van der Waals surface area contributed by atoms with E-state index in [2.05, 4.69) is 16.0 Å². The average Bonchev–Trinajstić information content (AvgIpc) is 2.77. The van der Waals surface area contributed by atoms with Gasteiger partial charge in [-0.3, -0.25) is 14.4 Å². The number of benzene rings is 1. The van der Waals surface area contributed by atoms with Crippen LogP contribution in [-0.4, -0.2) is 42.4 Å². The Kier molecular flexibility index (Phi) is 10.4. The van der Waals surface area contributed by atoms with Gasteiger partial charge < -0.3 is 31.8 Å². The largest absolute Gasteiger partial charge is 0.423 e. The van der Waals surface area contributed by atoms with Crippen molar-refractivity contribution in [3.05, 3.63) is 40.2 Å². The van der Waals surface area contributed by atoms with E-state index < -0.39 is 41.5 Å². The van der Waals surface area contributed by atoms with Gasteiger partial charge in [-0.1, -0.05) is 13.8 Å². The van der Waals surface area contributed by atoms with Gasteiger partial charge in [0.05, 0.1) is 6.04 Å². The van der Waals surface area contributed by atoms with Crippen molar-refractivity contribution in [3.8, 4) is 0 Å². The number of carbonyl (C=O) groups is 3. The summed E-state index contributed by atoms with van der Waals surface area (Å²) < 4.78 is 5.25. The summed E-state index contributed by atoms with van der Waals surface area (Å²) in [5, 5.41) is 9.00. The summed E-state index contributed by atoms with van der Waals surface area (Å²) in [4.78, 5) is 50.0. The Morgan fingerprint density at radius 1 is 0.971 bits per heavy atom. The summed E-state index contributed by atoms with van der Waals surface area (Å²) >= 11 is 0. The average molecular weight is 488 g/mol. The van der Waals surface area contributed by atoms with Crippen LogP contribution in [0, 0.1) is 12.8 Å². The van der Waals surface area contributed by atoms with Crippen LogP contribution in [0.1, 0.15) is 52.0 Å². The Hall–Kier alpha value is -3.24. The van der Waals surface area contributed by atoms with Gasteiger partial charge >= 0.3 is 5.63 Å². The number of carbonyl (C=O) groups excluding carboxylic acids is 3. The maximum absolute atomic E-state index is 13.1. The third-order valence-corrected chi connectivity index (χ3v) is 5.55. The van der Waals surface area contributed by atoms with E-state index in [1.165, 1.54) is 13.0 Å². The Balaban J connectivity index is 2.21. The maximum Gasteiger partial charge on any atom is 0.336 e. The van der Waals surface area contributed by atoms with Crippen LogP contribution in [0.15, 0.2) is 33.5 Å². The molecule has 10 nitrogen and oxygen atoms in total. The van der Waals surface area contributed by atoms with Crippen molar-refractivity contribution >= 4 is 34.4 Å². The third kappa shape index (κ3) is 8.48. The van der Waals surface area contributed by atoms with Gasteiger partial charge in [-0.05, 0) is 69.7 Å². The molecule has 0 fully saturated rings. The molecule has 0 radical (unpaired) electrons. The molecule has 0 aliphatic carbocycles. The second kappa shape index (κ2) is 13.0. The lowest BCUT2D eigenvalue weighted by atomic mass is 10.0. The molecule has 1 aromatic heterocycles. The molecule has 1 aromatic carbocycles. The van der Waals surface area contributed by atoms with Gasteiger partial charge in [-0.15, -0.1) is 0 Å². The molecule has 0 saturated heterocycles. The minimum absolute atomic E-state index is 0.124. The van der Waals surface area contributed by atoms with E-state index >= 15 is 0 Å². The number of rotatable bonds is 12. The lowest BCUT2D eigenvalue weighted by Gasteiger charge is -2.25. The number of amides is 3. The van der Waals surface area contributed by atoms with Crippen LogP contribution in [0.3, 0.4) is 0 Å². The number of hydrogen-bond acceptors (Lipinski definition) is 7. The molecule has 10 heteroatoms. The molecular weight excluding hydrogens is 450 g/mol. The summed E-state index contributed by atoms with van der Waals surface area (Å²) in [6.07, 6.45) is 2.08. The van der Waals surface area contributed by atoms with Crippen molar-refractivity contribution in [3.63, 3.8) is 0 Å². The SMILES string of the molecule is Cc1cc(=O)oc2cc(NC(=O)C(CCCCN)NC(=O)C(CC(C)C)NC(=O)C(C)N)ccc12. The molecule has 0 saturated carbocycles. The zero-order valence-electron chi connectivity index (χ0n) is 20.9. The lowest BCUT2D eigenvalue weighted by molar-refractivity contribution is -0.131. The number of fused-ring (bicyclic) bond motifs is 1. The second-order valence-electron chi connectivity index (χ2n) is 9.27. The number of unbranched alkanes of at least 4 members (excludes halogenated alkanes) is 1. The summed E-state index contributed by atoms with van der Waals surface area (Å²) in [6.45, 7) is 7.67. The molecule has 1 heterocycles. The van der Waals surface area contributed by atoms with Gasteiger partial charge in [0.2, 0.25) is 17.7 Å². The highest BCUT2D eigenvalue weighted by Crippen LogP contribution is 2.21. The lowest BCUT2D eigenvalue weighted by Crippen LogP contribution is -2.55. The van der Waals surface area contributed by atoms with Crippen LogP contribution in [-0.2, 0) is 14.4 Å². The minimum atomic E-state index is -0.851. The fourth-order valence-corrected chi connectivity index (χ4v) is 3.67. The third-order valence-electron chi connectivity index (χ3n) is 5.55. The van der Waals surface area contributed by atoms with Crippen LogP contribution in [0.25, 0.3) is 11.0 Å². The van der Waals surface area contributed by atoms with Crippen molar-refractivity contribution < 1.29 is 18.8 Å². The van der Waals surface area contributed by atoms with Crippen molar-refractivity contribution in [1.29, 1.82) is 0 Å². The summed E-state index contributed by atoms with van der Waals surface area (Å²) in [5.41, 5.74) is 12.3.